The molecule has 20 heavy (non-hydrogen) atoms. The number of hydrogen-bond donors (Lipinski definition) is 1. The van der Waals surface area contributed by atoms with Gasteiger partial charge < -0.3 is 10.1 Å². The molecule has 1 fully saturated rings. The normalized spacial score (nSPS) is 28.8. The average molecular weight is 273 g/mol. The lowest BCUT2D eigenvalue weighted by Gasteiger charge is -2.23. The third-order valence-electron chi connectivity index (χ3n) is 4.84. The minimum absolute atomic E-state index is 0.533. The maximum Gasteiger partial charge on any atom is 0.0576 e. The highest BCUT2D eigenvalue weighted by Crippen LogP contribution is 2.39. The first-order valence-electron chi connectivity index (χ1n) is 8.31. The summed E-state index contributed by atoms with van der Waals surface area (Å²) in [6.07, 6.45) is 8.04. The van der Waals surface area contributed by atoms with E-state index in [0.717, 1.165) is 19.1 Å². The van der Waals surface area contributed by atoms with Gasteiger partial charge in [0.2, 0.25) is 0 Å². The van der Waals surface area contributed by atoms with Crippen LogP contribution >= 0.6 is 0 Å². The fraction of sp³-hybridized carbons (Fsp3) is 0.667. The minimum atomic E-state index is 0.533. The molecule has 1 aliphatic heterocycles. The Morgan fingerprint density at radius 2 is 2.15 bits per heavy atom. The molecular formula is C18H27NO. The van der Waals surface area contributed by atoms with Gasteiger partial charge in [-0.25, -0.2) is 0 Å². The second-order valence-corrected chi connectivity index (χ2v) is 6.31. The highest BCUT2D eigenvalue weighted by molar-refractivity contribution is 5.35. The molecule has 1 heterocycles. The zero-order chi connectivity index (χ0) is 13.8. The summed E-state index contributed by atoms with van der Waals surface area (Å²) in [5.41, 5.74) is 3.09. The highest BCUT2D eigenvalue weighted by Gasteiger charge is 2.32. The summed E-state index contributed by atoms with van der Waals surface area (Å²) in [5.74, 6) is 0.753. The van der Waals surface area contributed by atoms with E-state index in [2.05, 4.69) is 36.5 Å². The van der Waals surface area contributed by atoms with Gasteiger partial charge in [0.1, 0.15) is 0 Å². The van der Waals surface area contributed by atoms with Gasteiger partial charge in [0.25, 0.3) is 0 Å². The molecule has 3 rings (SSSR count). The van der Waals surface area contributed by atoms with E-state index < -0.39 is 0 Å². The van der Waals surface area contributed by atoms with Crippen LogP contribution in [-0.4, -0.2) is 19.3 Å². The summed E-state index contributed by atoms with van der Waals surface area (Å²) in [6, 6.07) is 9.55. The lowest BCUT2D eigenvalue weighted by Crippen LogP contribution is -2.26. The van der Waals surface area contributed by atoms with E-state index in [1.165, 1.54) is 38.5 Å². The quantitative estimate of drug-likeness (QED) is 0.850. The van der Waals surface area contributed by atoms with E-state index >= 15 is 0 Å². The van der Waals surface area contributed by atoms with Gasteiger partial charge in [-0.05, 0) is 62.1 Å². The smallest absolute Gasteiger partial charge is 0.0576 e. The van der Waals surface area contributed by atoms with Crippen molar-refractivity contribution in [2.75, 3.05) is 13.2 Å². The third-order valence-corrected chi connectivity index (χ3v) is 4.84. The molecule has 1 saturated heterocycles. The predicted octanol–water partition coefficient (Wildman–Crippen LogP) is 3.86. The molecule has 0 saturated carbocycles. The van der Waals surface area contributed by atoms with Crippen LogP contribution in [0.15, 0.2) is 24.3 Å². The second kappa shape index (κ2) is 6.73. The predicted molar refractivity (Wildman–Crippen MR) is 82.9 cm³/mol. The molecule has 2 heteroatoms. The third kappa shape index (κ3) is 3.07. The molecule has 0 aromatic heterocycles. The Morgan fingerprint density at radius 1 is 1.25 bits per heavy atom. The second-order valence-electron chi connectivity index (χ2n) is 6.31. The average Bonchev–Trinajstić information content (AvgIpc) is 3.10. The van der Waals surface area contributed by atoms with Crippen molar-refractivity contribution in [2.45, 2.75) is 57.6 Å². The molecule has 0 amide bonds. The van der Waals surface area contributed by atoms with Crippen molar-refractivity contribution in [3.63, 3.8) is 0 Å². The number of benzene rings is 1. The summed E-state index contributed by atoms with van der Waals surface area (Å²) < 4.78 is 5.79. The Bertz CT molecular complexity index is 425. The van der Waals surface area contributed by atoms with Gasteiger partial charge in [-0.3, -0.25) is 0 Å². The van der Waals surface area contributed by atoms with Crippen molar-refractivity contribution < 1.29 is 4.74 Å². The molecule has 0 radical (unpaired) electrons. The molecule has 110 valence electrons. The monoisotopic (exact) mass is 273 g/mol. The molecule has 1 aliphatic carbocycles. The van der Waals surface area contributed by atoms with E-state index in [-0.39, 0.29) is 0 Å². The van der Waals surface area contributed by atoms with E-state index in [0.29, 0.717) is 12.1 Å². The van der Waals surface area contributed by atoms with Crippen LogP contribution in [0.4, 0.5) is 0 Å². The van der Waals surface area contributed by atoms with Gasteiger partial charge in [-0.15, -0.1) is 0 Å². The minimum Gasteiger partial charge on any atom is -0.378 e. The maximum atomic E-state index is 5.79. The Kier molecular flexibility index (Phi) is 4.74. The molecule has 0 bridgehead atoms. The van der Waals surface area contributed by atoms with Gasteiger partial charge in [-0.2, -0.15) is 0 Å². The fourth-order valence-corrected chi connectivity index (χ4v) is 3.79. The number of fused-ring (bicyclic) bond motifs is 1. The van der Waals surface area contributed by atoms with Crippen molar-refractivity contribution in [2.24, 2.45) is 5.92 Å². The molecule has 2 aliphatic rings. The topological polar surface area (TPSA) is 21.3 Å². The number of rotatable bonds is 6. The van der Waals surface area contributed by atoms with E-state index in [1.807, 2.05) is 0 Å². The number of ether oxygens (including phenoxy) is 1. The van der Waals surface area contributed by atoms with Crippen LogP contribution < -0.4 is 5.32 Å². The van der Waals surface area contributed by atoms with Crippen LogP contribution in [0.25, 0.3) is 0 Å². The number of hydrogen-bond acceptors (Lipinski definition) is 2. The van der Waals surface area contributed by atoms with Crippen LogP contribution in [0.1, 0.15) is 56.2 Å². The van der Waals surface area contributed by atoms with Gasteiger partial charge in [0.05, 0.1) is 6.10 Å². The zero-order valence-electron chi connectivity index (χ0n) is 12.6. The molecule has 0 spiro atoms. The number of nitrogens with one attached hydrogen (secondary N) is 1. The van der Waals surface area contributed by atoms with Gasteiger partial charge in [0, 0.05) is 12.6 Å². The molecule has 2 nitrogen and oxygen atoms in total. The van der Waals surface area contributed by atoms with Crippen LogP contribution in [0.2, 0.25) is 0 Å². The summed E-state index contributed by atoms with van der Waals surface area (Å²) in [5, 5.41) is 3.77. The first-order valence-corrected chi connectivity index (χ1v) is 8.31. The Labute approximate surface area is 122 Å². The zero-order valence-corrected chi connectivity index (χ0v) is 12.6. The summed E-state index contributed by atoms with van der Waals surface area (Å²) in [7, 11) is 0. The molecular weight excluding hydrogens is 246 g/mol. The molecule has 3 atom stereocenters. The molecule has 1 aromatic carbocycles. The molecule has 3 unspecified atom stereocenters. The lowest BCUT2D eigenvalue weighted by atomic mass is 9.93. The first-order chi connectivity index (χ1) is 9.88. The molecule has 1 aromatic rings. The first kappa shape index (κ1) is 14.1. The van der Waals surface area contributed by atoms with Crippen LogP contribution in [0, 0.1) is 5.92 Å². The molecule has 1 N–H and O–H groups in total. The Hall–Kier alpha value is -0.860. The highest BCUT2D eigenvalue weighted by atomic mass is 16.5. The largest absolute Gasteiger partial charge is 0.378 e. The van der Waals surface area contributed by atoms with Crippen molar-refractivity contribution in [3.8, 4) is 0 Å². The van der Waals surface area contributed by atoms with Crippen LogP contribution in [0.3, 0.4) is 0 Å². The van der Waals surface area contributed by atoms with Gasteiger partial charge in [-0.1, -0.05) is 31.2 Å². The summed E-state index contributed by atoms with van der Waals surface area (Å²) >= 11 is 0. The van der Waals surface area contributed by atoms with Gasteiger partial charge >= 0.3 is 0 Å². The van der Waals surface area contributed by atoms with Crippen LogP contribution in [-0.2, 0) is 11.2 Å². The van der Waals surface area contributed by atoms with E-state index in [1.54, 1.807) is 11.1 Å². The summed E-state index contributed by atoms with van der Waals surface area (Å²) in [6.45, 7) is 4.34. The van der Waals surface area contributed by atoms with Crippen molar-refractivity contribution in [1.29, 1.82) is 0 Å². The van der Waals surface area contributed by atoms with Crippen LogP contribution in [0.5, 0.6) is 0 Å². The Balaban J connectivity index is 1.63. The van der Waals surface area contributed by atoms with E-state index in [9.17, 15) is 0 Å². The van der Waals surface area contributed by atoms with Crippen molar-refractivity contribution in [1.82, 2.24) is 5.32 Å². The maximum absolute atomic E-state index is 5.79. The Morgan fingerprint density at radius 3 is 2.95 bits per heavy atom. The fourth-order valence-electron chi connectivity index (χ4n) is 3.79. The SMILES string of the molecule is CCCNC1c2ccccc2CC1CCC1CCCO1. The van der Waals surface area contributed by atoms with Crippen molar-refractivity contribution >= 4 is 0 Å². The van der Waals surface area contributed by atoms with Crippen molar-refractivity contribution in [3.05, 3.63) is 35.4 Å². The summed E-state index contributed by atoms with van der Waals surface area (Å²) in [4.78, 5) is 0. The standard InChI is InChI=1S/C18H27NO/c1-2-11-19-18-15(9-10-16-7-5-12-20-16)13-14-6-3-4-8-17(14)18/h3-4,6,8,15-16,18-19H,2,5,7,9-13H2,1H3. The van der Waals surface area contributed by atoms with E-state index in [4.69, 9.17) is 4.74 Å². The van der Waals surface area contributed by atoms with Gasteiger partial charge in [0.15, 0.2) is 0 Å². The lowest BCUT2D eigenvalue weighted by molar-refractivity contribution is 0.0965.